The van der Waals surface area contributed by atoms with Gasteiger partial charge in [0.1, 0.15) is 0 Å². The van der Waals surface area contributed by atoms with Crippen LogP contribution >= 0.6 is 0 Å². The lowest BCUT2D eigenvalue weighted by Crippen LogP contribution is -2.54. The Morgan fingerprint density at radius 2 is 1.50 bits per heavy atom. The largest absolute Gasteiger partial charge is 0.336 e. The fourth-order valence-corrected chi connectivity index (χ4v) is 5.47. The van der Waals surface area contributed by atoms with Gasteiger partial charge in [0.25, 0.3) is 0 Å². The predicted molar refractivity (Wildman–Crippen MR) is 105 cm³/mol. The highest BCUT2D eigenvalue weighted by atomic mass is 16.2. The number of piperidine rings is 1. The maximum Gasteiger partial charge on any atom is 0.229 e. The lowest BCUT2D eigenvalue weighted by atomic mass is 9.94. The van der Waals surface area contributed by atoms with Crippen molar-refractivity contribution >= 4 is 28.5 Å². The lowest BCUT2D eigenvalue weighted by Gasteiger charge is -2.41. The van der Waals surface area contributed by atoms with Crippen molar-refractivity contribution in [2.45, 2.75) is 63.1 Å². The molecule has 0 spiro atoms. The van der Waals surface area contributed by atoms with Crippen LogP contribution in [-0.2, 0) is 20.8 Å². The van der Waals surface area contributed by atoms with Crippen molar-refractivity contribution in [3.05, 3.63) is 48.0 Å². The molecule has 5 rings (SSSR count). The van der Waals surface area contributed by atoms with Gasteiger partial charge in [-0.15, -0.1) is 0 Å². The molecule has 3 aliphatic rings. The number of amides is 3. The van der Waals surface area contributed by atoms with E-state index in [1.165, 1.54) is 4.90 Å². The monoisotopic (exact) mass is 376 g/mol. The van der Waals surface area contributed by atoms with Crippen LogP contribution in [0, 0.1) is 0 Å². The van der Waals surface area contributed by atoms with Gasteiger partial charge in [-0.3, -0.25) is 19.3 Å². The summed E-state index contributed by atoms with van der Waals surface area (Å²) in [4.78, 5) is 41.0. The van der Waals surface area contributed by atoms with Crippen LogP contribution in [0.3, 0.4) is 0 Å². The van der Waals surface area contributed by atoms with E-state index in [1.807, 2.05) is 24.3 Å². The molecule has 5 nitrogen and oxygen atoms in total. The number of carbonyl (C=O) groups excluding carboxylic acids is 3. The first kappa shape index (κ1) is 17.4. The summed E-state index contributed by atoms with van der Waals surface area (Å²) >= 11 is 0. The van der Waals surface area contributed by atoms with Gasteiger partial charge < -0.3 is 4.90 Å². The number of benzene rings is 2. The Bertz CT molecular complexity index is 934. The van der Waals surface area contributed by atoms with Crippen molar-refractivity contribution in [2.75, 3.05) is 0 Å². The molecule has 0 radical (unpaired) electrons. The SMILES string of the molecule is O=C1CCC(=O)N1C1C[C@H]2CC[C@@H](C1)N2C(=O)Cc1cccc2ccccc12. The molecule has 3 saturated heterocycles. The van der Waals surface area contributed by atoms with E-state index in [9.17, 15) is 14.4 Å². The molecule has 0 aromatic heterocycles. The van der Waals surface area contributed by atoms with Crippen LogP contribution in [0.5, 0.6) is 0 Å². The normalized spacial score (nSPS) is 27.1. The third-order valence-corrected chi connectivity index (χ3v) is 6.67. The van der Waals surface area contributed by atoms with E-state index in [0.717, 1.165) is 42.0 Å². The number of carbonyl (C=O) groups is 3. The summed E-state index contributed by atoms with van der Waals surface area (Å²) in [7, 11) is 0. The molecule has 2 bridgehead atoms. The number of rotatable bonds is 3. The Kier molecular flexibility index (Phi) is 4.18. The van der Waals surface area contributed by atoms with Crippen LogP contribution in [0.2, 0.25) is 0 Å². The highest BCUT2D eigenvalue weighted by Crippen LogP contribution is 2.39. The average molecular weight is 376 g/mol. The number of imide groups is 1. The molecule has 0 saturated carbocycles. The van der Waals surface area contributed by atoms with Crippen LogP contribution in [0.25, 0.3) is 10.8 Å². The highest BCUT2D eigenvalue weighted by Gasteiger charge is 2.47. The third-order valence-electron chi connectivity index (χ3n) is 6.67. The quantitative estimate of drug-likeness (QED) is 0.774. The fraction of sp³-hybridized carbons (Fsp3) is 0.435. The topological polar surface area (TPSA) is 57.7 Å². The van der Waals surface area contributed by atoms with Crippen molar-refractivity contribution < 1.29 is 14.4 Å². The lowest BCUT2D eigenvalue weighted by molar-refractivity contribution is -0.144. The Morgan fingerprint density at radius 3 is 2.21 bits per heavy atom. The smallest absolute Gasteiger partial charge is 0.229 e. The van der Waals surface area contributed by atoms with E-state index >= 15 is 0 Å². The van der Waals surface area contributed by atoms with E-state index in [2.05, 4.69) is 23.1 Å². The minimum Gasteiger partial charge on any atom is -0.336 e. The van der Waals surface area contributed by atoms with Gasteiger partial charge in [0.2, 0.25) is 17.7 Å². The van der Waals surface area contributed by atoms with Crippen LogP contribution in [0.1, 0.15) is 44.1 Å². The molecule has 5 heteroatoms. The van der Waals surface area contributed by atoms with Crippen molar-refractivity contribution in [1.29, 1.82) is 0 Å². The minimum atomic E-state index is -0.0371. The molecule has 28 heavy (non-hydrogen) atoms. The van der Waals surface area contributed by atoms with Gasteiger partial charge in [-0.1, -0.05) is 42.5 Å². The van der Waals surface area contributed by atoms with E-state index in [1.54, 1.807) is 0 Å². The molecule has 3 fully saturated rings. The van der Waals surface area contributed by atoms with Crippen LogP contribution in [-0.4, -0.2) is 45.6 Å². The van der Waals surface area contributed by atoms with E-state index in [4.69, 9.17) is 0 Å². The third kappa shape index (κ3) is 2.81. The maximum absolute atomic E-state index is 13.2. The number of likely N-dealkylation sites (tertiary alicyclic amines) is 1. The number of fused-ring (bicyclic) bond motifs is 3. The summed E-state index contributed by atoms with van der Waals surface area (Å²) in [6.45, 7) is 0. The molecule has 2 aromatic carbocycles. The van der Waals surface area contributed by atoms with E-state index in [-0.39, 0.29) is 35.8 Å². The zero-order chi connectivity index (χ0) is 19.3. The molecule has 3 heterocycles. The Hall–Kier alpha value is -2.69. The van der Waals surface area contributed by atoms with Gasteiger partial charge in [0, 0.05) is 31.0 Å². The Balaban J connectivity index is 1.34. The zero-order valence-electron chi connectivity index (χ0n) is 15.8. The van der Waals surface area contributed by atoms with Gasteiger partial charge in [0.05, 0.1) is 6.42 Å². The Labute approximate surface area is 164 Å². The zero-order valence-corrected chi connectivity index (χ0v) is 15.8. The van der Waals surface area contributed by atoms with Crippen molar-refractivity contribution in [3.8, 4) is 0 Å². The summed E-state index contributed by atoms with van der Waals surface area (Å²) in [5.74, 6) is 0.0937. The summed E-state index contributed by atoms with van der Waals surface area (Å²) in [5, 5.41) is 2.29. The molecule has 3 amide bonds. The second-order valence-corrected chi connectivity index (χ2v) is 8.28. The van der Waals surface area contributed by atoms with E-state index < -0.39 is 0 Å². The first-order valence-corrected chi connectivity index (χ1v) is 10.2. The van der Waals surface area contributed by atoms with Gasteiger partial charge in [0.15, 0.2) is 0 Å². The maximum atomic E-state index is 13.2. The number of nitrogens with zero attached hydrogens (tertiary/aromatic N) is 2. The minimum absolute atomic E-state index is 0.0263. The van der Waals surface area contributed by atoms with E-state index in [0.29, 0.717) is 19.3 Å². The highest BCUT2D eigenvalue weighted by molar-refractivity contribution is 6.02. The molecule has 144 valence electrons. The molecule has 2 aromatic rings. The fourth-order valence-electron chi connectivity index (χ4n) is 5.47. The molecule has 3 aliphatic heterocycles. The van der Waals surface area contributed by atoms with Crippen molar-refractivity contribution in [3.63, 3.8) is 0 Å². The molecule has 0 aliphatic carbocycles. The van der Waals surface area contributed by atoms with Crippen LogP contribution in [0.15, 0.2) is 42.5 Å². The van der Waals surface area contributed by atoms with Gasteiger partial charge in [-0.05, 0) is 42.0 Å². The second-order valence-electron chi connectivity index (χ2n) is 8.28. The first-order valence-electron chi connectivity index (χ1n) is 10.2. The standard InChI is InChI=1S/C23H24N2O3/c26-21-10-11-22(27)25(21)19-13-17-8-9-18(14-19)24(17)23(28)12-16-6-3-5-15-4-1-2-7-20(15)16/h1-7,17-19H,8-14H2/t17-,18+,19?. The average Bonchev–Trinajstić information content (AvgIpc) is 3.17. The predicted octanol–water partition coefficient (Wildman–Crippen LogP) is 3.05. The molecule has 0 N–H and O–H groups in total. The summed E-state index contributed by atoms with van der Waals surface area (Å²) in [6, 6.07) is 14.6. The number of hydrogen-bond acceptors (Lipinski definition) is 3. The summed E-state index contributed by atoms with van der Waals surface area (Å²) in [6.07, 6.45) is 4.49. The summed E-state index contributed by atoms with van der Waals surface area (Å²) in [5.41, 5.74) is 1.06. The Morgan fingerprint density at radius 1 is 0.857 bits per heavy atom. The number of hydrogen-bond donors (Lipinski definition) is 0. The first-order chi connectivity index (χ1) is 13.6. The molecular formula is C23H24N2O3. The van der Waals surface area contributed by atoms with Gasteiger partial charge >= 0.3 is 0 Å². The van der Waals surface area contributed by atoms with Crippen LogP contribution < -0.4 is 0 Å². The molecular weight excluding hydrogens is 352 g/mol. The van der Waals surface area contributed by atoms with Crippen molar-refractivity contribution in [2.24, 2.45) is 0 Å². The van der Waals surface area contributed by atoms with Gasteiger partial charge in [-0.2, -0.15) is 0 Å². The van der Waals surface area contributed by atoms with Crippen LogP contribution in [0.4, 0.5) is 0 Å². The van der Waals surface area contributed by atoms with Crippen molar-refractivity contribution in [1.82, 2.24) is 9.80 Å². The summed E-state index contributed by atoms with van der Waals surface area (Å²) < 4.78 is 0. The molecule has 1 unspecified atom stereocenters. The molecule has 3 atom stereocenters. The van der Waals surface area contributed by atoms with Gasteiger partial charge in [-0.25, -0.2) is 0 Å². The second kappa shape index (κ2) is 6.73.